The molecule has 1 nitrogen and oxygen atoms in total. The summed E-state index contributed by atoms with van der Waals surface area (Å²) in [5.74, 6) is 0. The fraction of sp³-hybridized carbons (Fsp3) is 0.158. The lowest BCUT2D eigenvalue weighted by molar-refractivity contribution is -0.258. The molecule has 0 saturated heterocycles. The van der Waals surface area contributed by atoms with Gasteiger partial charge in [0, 0.05) is 5.56 Å². The van der Waals surface area contributed by atoms with Gasteiger partial charge < -0.3 is 5.11 Å². The van der Waals surface area contributed by atoms with Gasteiger partial charge in [-0.15, -0.1) is 0 Å². The van der Waals surface area contributed by atoms with Gasteiger partial charge in [-0.2, -0.15) is 13.2 Å². The van der Waals surface area contributed by atoms with E-state index in [9.17, 15) is 18.3 Å². The van der Waals surface area contributed by atoms with Gasteiger partial charge in [0.1, 0.15) is 0 Å². The fourth-order valence-corrected chi connectivity index (χ4v) is 2.67. The van der Waals surface area contributed by atoms with E-state index in [1.165, 1.54) is 12.1 Å². The third-order valence-corrected chi connectivity index (χ3v) is 4.06. The summed E-state index contributed by atoms with van der Waals surface area (Å²) >= 11 is 0. The molecule has 0 radical (unpaired) electrons. The average molecular weight is 316 g/mol. The highest BCUT2D eigenvalue weighted by molar-refractivity contribution is 5.87. The molecule has 0 amide bonds. The molecule has 0 bridgehead atoms. The monoisotopic (exact) mass is 316 g/mol. The van der Waals surface area contributed by atoms with E-state index < -0.39 is 11.8 Å². The van der Waals surface area contributed by atoms with Crippen molar-refractivity contribution in [2.75, 3.05) is 0 Å². The summed E-state index contributed by atoms with van der Waals surface area (Å²) in [6, 6.07) is 19.2. The van der Waals surface area contributed by atoms with Crippen LogP contribution in [0.1, 0.15) is 12.5 Å². The van der Waals surface area contributed by atoms with E-state index in [1.54, 1.807) is 18.2 Å². The van der Waals surface area contributed by atoms with E-state index in [1.807, 2.05) is 36.4 Å². The van der Waals surface area contributed by atoms with Crippen LogP contribution in [0, 0.1) is 0 Å². The maximum Gasteiger partial charge on any atom is 0.421 e. The van der Waals surface area contributed by atoms with Crippen LogP contribution in [0.2, 0.25) is 0 Å². The fourth-order valence-electron chi connectivity index (χ4n) is 2.67. The van der Waals surface area contributed by atoms with Gasteiger partial charge in [-0.25, -0.2) is 0 Å². The van der Waals surface area contributed by atoms with E-state index in [4.69, 9.17) is 0 Å². The second kappa shape index (κ2) is 5.39. The Morgan fingerprint density at radius 2 is 1.39 bits per heavy atom. The quantitative estimate of drug-likeness (QED) is 0.682. The molecule has 0 fully saturated rings. The van der Waals surface area contributed by atoms with Gasteiger partial charge >= 0.3 is 6.18 Å². The van der Waals surface area contributed by atoms with Crippen LogP contribution in [0.3, 0.4) is 0 Å². The Labute approximate surface area is 132 Å². The van der Waals surface area contributed by atoms with E-state index in [-0.39, 0.29) is 5.56 Å². The van der Waals surface area contributed by atoms with Crippen LogP contribution < -0.4 is 0 Å². The van der Waals surface area contributed by atoms with Crippen LogP contribution in [0.25, 0.3) is 21.9 Å². The Bertz CT molecular complexity index is 850. The summed E-state index contributed by atoms with van der Waals surface area (Å²) in [7, 11) is 0. The Morgan fingerprint density at radius 3 is 2.09 bits per heavy atom. The summed E-state index contributed by atoms with van der Waals surface area (Å²) in [5, 5.41) is 12.0. The Balaban J connectivity index is 2.20. The predicted molar refractivity (Wildman–Crippen MR) is 85.0 cm³/mol. The van der Waals surface area contributed by atoms with Gasteiger partial charge in [0.25, 0.3) is 0 Å². The molecule has 4 heteroatoms. The molecule has 3 aromatic rings. The number of benzene rings is 3. The zero-order chi connectivity index (χ0) is 16.7. The molecule has 0 saturated carbocycles. The maximum atomic E-state index is 13.2. The molecule has 0 aliphatic rings. The molecular weight excluding hydrogens is 301 g/mol. The third kappa shape index (κ3) is 2.70. The molecule has 3 aromatic carbocycles. The Kier molecular flexibility index (Phi) is 3.65. The maximum absolute atomic E-state index is 13.2. The lowest BCUT2D eigenvalue weighted by Gasteiger charge is -2.29. The first kappa shape index (κ1) is 15.6. The van der Waals surface area contributed by atoms with E-state index in [2.05, 4.69) is 0 Å². The largest absolute Gasteiger partial charge is 0.421 e. The van der Waals surface area contributed by atoms with Gasteiger partial charge in [-0.1, -0.05) is 60.7 Å². The highest BCUT2D eigenvalue weighted by Gasteiger charge is 2.52. The number of rotatable bonds is 2. The first-order valence-corrected chi connectivity index (χ1v) is 7.18. The van der Waals surface area contributed by atoms with Crippen LogP contribution in [-0.4, -0.2) is 11.3 Å². The number of hydrogen-bond donors (Lipinski definition) is 1. The summed E-state index contributed by atoms with van der Waals surface area (Å²) in [6.45, 7) is 0.785. The van der Waals surface area contributed by atoms with Crippen molar-refractivity contribution < 1.29 is 18.3 Å². The topological polar surface area (TPSA) is 20.2 Å². The number of fused-ring (bicyclic) bond motifs is 1. The van der Waals surface area contributed by atoms with Crippen molar-refractivity contribution in [3.05, 3.63) is 72.3 Å². The summed E-state index contributed by atoms with van der Waals surface area (Å²) < 4.78 is 39.7. The van der Waals surface area contributed by atoms with Gasteiger partial charge in [0.2, 0.25) is 0 Å². The van der Waals surface area contributed by atoms with Crippen molar-refractivity contribution in [1.82, 2.24) is 0 Å². The predicted octanol–water partition coefficient (Wildman–Crippen LogP) is 5.28. The van der Waals surface area contributed by atoms with Gasteiger partial charge in [-0.3, -0.25) is 0 Å². The highest BCUT2D eigenvalue weighted by Crippen LogP contribution is 2.42. The normalized spacial score (nSPS) is 14.7. The smallest absolute Gasteiger partial charge is 0.376 e. The van der Waals surface area contributed by atoms with E-state index in [0.29, 0.717) is 11.1 Å². The molecule has 3 rings (SSSR count). The minimum absolute atomic E-state index is 0.150. The zero-order valence-corrected chi connectivity index (χ0v) is 12.4. The molecule has 0 aromatic heterocycles. The van der Waals surface area contributed by atoms with E-state index >= 15 is 0 Å². The average Bonchev–Trinajstić information content (AvgIpc) is 2.53. The molecule has 118 valence electrons. The second-order valence-electron chi connectivity index (χ2n) is 5.68. The van der Waals surface area contributed by atoms with Gasteiger partial charge in [-0.05, 0) is 34.9 Å². The van der Waals surface area contributed by atoms with Crippen LogP contribution in [0.4, 0.5) is 13.2 Å². The van der Waals surface area contributed by atoms with Crippen LogP contribution >= 0.6 is 0 Å². The van der Waals surface area contributed by atoms with Crippen LogP contribution in [0.5, 0.6) is 0 Å². The number of halogens is 3. The molecule has 0 heterocycles. The molecule has 1 atom stereocenters. The minimum atomic E-state index is -4.75. The minimum Gasteiger partial charge on any atom is -0.376 e. The van der Waals surface area contributed by atoms with Crippen LogP contribution in [-0.2, 0) is 5.60 Å². The molecule has 0 spiro atoms. The first-order valence-electron chi connectivity index (χ1n) is 7.18. The summed E-state index contributed by atoms with van der Waals surface area (Å²) in [6.07, 6.45) is -4.75. The van der Waals surface area contributed by atoms with Gasteiger partial charge in [0.15, 0.2) is 5.60 Å². The van der Waals surface area contributed by atoms with Crippen molar-refractivity contribution >= 4 is 10.8 Å². The summed E-state index contributed by atoms with van der Waals surface area (Å²) in [4.78, 5) is 0. The van der Waals surface area contributed by atoms with Crippen LogP contribution in [0.15, 0.2) is 66.7 Å². The molecule has 0 aliphatic heterocycles. The molecule has 23 heavy (non-hydrogen) atoms. The lowest BCUT2D eigenvalue weighted by Crippen LogP contribution is -2.39. The Morgan fingerprint density at radius 1 is 0.783 bits per heavy atom. The van der Waals surface area contributed by atoms with Crippen molar-refractivity contribution in [2.45, 2.75) is 18.7 Å². The van der Waals surface area contributed by atoms with Crippen molar-refractivity contribution in [3.8, 4) is 11.1 Å². The zero-order valence-electron chi connectivity index (χ0n) is 12.4. The van der Waals surface area contributed by atoms with Gasteiger partial charge in [0.05, 0.1) is 0 Å². The van der Waals surface area contributed by atoms with Crippen molar-refractivity contribution in [2.24, 2.45) is 0 Å². The highest BCUT2D eigenvalue weighted by atomic mass is 19.4. The Hall–Kier alpha value is -2.33. The lowest BCUT2D eigenvalue weighted by atomic mass is 9.87. The molecule has 1 unspecified atom stereocenters. The van der Waals surface area contributed by atoms with E-state index in [0.717, 1.165) is 17.7 Å². The first-order chi connectivity index (χ1) is 10.8. The van der Waals surface area contributed by atoms with Crippen molar-refractivity contribution in [3.63, 3.8) is 0 Å². The number of alkyl halides is 3. The van der Waals surface area contributed by atoms with Crippen molar-refractivity contribution in [1.29, 1.82) is 0 Å². The second-order valence-corrected chi connectivity index (χ2v) is 5.68. The third-order valence-electron chi connectivity index (χ3n) is 4.06. The standard InChI is InChI=1S/C19H15F3O/c1-18(23,19(20,21)22)17-9-5-4-8-16(17)15-11-10-13-6-2-3-7-14(13)12-15/h2-12,23H,1H3. The number of hydrogen-bond acceptors (Lipinski definition) is 1. The molecule has 1 N–H and O–H groups in total. The molecular formula is C19H15F3O. The summed E-state index contributed by atoms with van der Waals surface area (Å²) in [5.41, 5.74) is -2.04. The molecule has 0 aliphatic carbocycles. The number of aliphatic hydroxyl groups is 1. The SMILES string of the molecule is CC(O)(c1ccccc1-c1ccc2ccccc2c1)C(F)(F)F.